The number of aryl methyl sites for hydroxylation is 2. The Balaban J connectivity index is 1.72. The summed E-state index contributed by atoms with van der Waals surface area (Å²) in [6, 6.07) is 43.6. The lowest BCUT2D eigenvalue weighted by Crippen LogP contribution is -1.95. The first kappa shape index (κ1) is 24.4. The molecule has 0 amide bonds. The van der Waals surface area contributed by atoms with Crippen molar-refractivity contribution < 1.29 is 4.74 Å². The highest BCUT2D eigenvalue weighted by atomic mass is 32.1. The summed E-state index contributed by atoms with van der Waals surface area (Å²) in [7, 11) is 1.75. The summed E-state index contributed by atoms with van der Waals surface area (Å²) < 4.78 is 8.33. The van der Waals surface area contributed by atoms with Crippen LogP contribution in [0.4, 0.5) is 0 Å². The molecule has 0 atom stereocenters. The van der Waals surface area contributed by atoms with E-state index in [0.717, 1.165) is 17.0 Å². The minimum atomic E-state index is 0.848. The Hall–Kier alpha value is -4.60. The number of ether oxygens (including phenoxy) is 1. The first-order valence-electron chi connectivity index (χ1n) is 13.6. The van der Waals surface area contributed by atoms with Crippen LogP contribution >= 0.6 is 11.3 Å². The number of methoxy groups -OCH3 is 1. The van der Waals surface area contributed by atoms with Crippen LogP contribution in [0.15, 0.2) is 121 Å². The van der Waals surface area contributed by atoms with Crippen molar-refractivity contribution in [2.75, 3.05) is 7.11 Å². The molecule has 0 saturated carbocycles. The van der Waals surface area contributed by atoms with Crippen molar-refractivity contribution in [1.29, 1.82) is 0 Å². The summed E-state index contributed by atoms with van der Waals surface area (Å²) >= 11 is 1.88. The molecule has 0 bridgehead atoms. The molecule has 2 aromatic heterocycles. The minimum Gasteiger partial charge on any atom is -0.497 e. The van der Waals surface area contributed by atoms with E-state index in [1.807, 2.05) is 11.3 Å². The van der Waals surface area contributed by atoms with Crippen LogP contribution in [-0.2, 0) is 0 Å². The molecule has 0 aliphatic heterocycles. The van der Waals surface area contributed by atoms with Crippen LogP contribution in [0.5, 0.6) is 5.75 Å². The highest BCUT2D eigenvalue weighted by Crippen LogP contribution is 2.52. The number of benzene rings is 5. The average molecular weight is 536 g/mol. The third-order valence-corrected chi connectivity index (χ3v) is 8.93. The zero-order valence-electron chi connectivity index (χ0n) is 22.8. The van der Waals surface area contributed by atoms with Gasteiger partial charge in [-0.05, 0) is 54.3 Å². The van der Waals surface area contributed by atoms with Crippen LogP contribution < -0.4 is 4.74 Å². The van der Waals surface area contributed by atoms with Gasteiger partial charge >= 0.3 is 0 Å². The second-order valence-corrected chi connectivity index (χ2v) is 11.3. The first-order chi connectivity index (χ1) is 19.6. The SMILES string of the molecule is COc1cc(-c2ccccc2)c2c3c(-c4ccc(C)cc4)sc(-c4ccc(C)cc4)c3n(-c3ccccc3)c2c1. The lowest BCUT2D eigenvalue weighted by Gasteiger charge is -2.12. The van der Waals surface area contributed by atoms with E-state index >= 15 is 0 Å². The number of rotatable bonds is 5. The van der Waals surface area contributed by atoms with Crippen molar-refractivity contribution in [2.45, 2.75) is 13.8 Å². The normalized spacial score (nSPS) is 11.4. The molecule has 194 valence electrons. The maximum Gasteiger partial charge on any atom is 0.121 e. The number of para-hydroxylation sites is 1. The van der Waals surface area contributed by atoms with Gasteiger partial charge in [-0.25, -0.2) is 0 Å². The van der Waals surface area contributed by atoms with Crippen LogP contribution in [-0.4, -0.2) is 11.7 Å². The van der Waals surface area contributed by atoms with E-state index in [2.05, 4.69) is 140 Å². The second kappa shape index (κ2) is 9.86. The Bertz CT molecular complexity index is 1960. The van der Waals surface area contributed by atoms with Crippen LogP contribution in [0.1, 0.15) is 11.1 Å². The Morgan fingerprint density at radius 3 is 1.75 bits per heavy atom. The monoisotopic (exact) mass is 535 g/mol. The van der Waals surface area contributed by atoms with Gasteiger partial charge in [0, 0.05) is 27.4 Å². The molecule has 7 aromatic rings. The number of nitrogens with zero attached hydrogens (tertiary/aromatic N) is 1. The zero-order valence-corrected chi connectivity index (χ0v) is 23.6. The molecule has 0 N–H and O–H groups in total. The maximum atomic E-state index is 5.89. The van der Waals surface area contributed by atoms with Crippen LogP contribution in [0.25, 0.3) is 59.5 Å². The van der Waals surface area contributed by atoms with E-state index in [0.29, 0.717) is 0 Å². The number of hydrogen-bond donors (Lipinski definition) is 0. The first-order valence-corrected chi connectivity index (χ1v) is 14.4. The summed E-state index contributed by atoms with van der Waals surface area (Å²) in [5.41, 5.74) is 10.9. The summed E-state index contributed by atoms with van der Waals surface area (Å²) in [5, 5.41) is 2.53. The molecule has 2 nitrogen and oxygen atoms in total. The molecule has 7 rings (SSSR count). The lowest BCUT2D eigenvalue weighted by atomic mass is 9.97. The van der Waals surface area contributed by atoms with Gasteiger partial charge in [-0.1, -0.05) is 108 Å². The molecule has 5 aromatic carbocycles. The van der Waals surface area contributed by atoms with Crippen molar-refractivity contribution in [3.8, 4) is 43.4 Å². The number of thiophene rings is 1. The maximum absolute atomic E-state index is 5.89. The summed E-state index contributed by atoms with van der Waals surface area (Å²) in [4.78, 5) is 2.55. The molecule has 40 heavy (non-hydrogen) atoms. The van der Waals surface area contributed by atoms with Gasteiger partial charge in [0.15, 0.2) is 0 Å². The van der Waals surface area contributed by atoms with E-state index in [1.54, 1.807) is 7.11 Å². The quantitative estimate of drug-likeness (QED) is 0.214. The minimum absolute atomic E-state index is 0.848. The molecule has 0 unspecified atom stereocenters. The lowest BCUT2D eigenvalue weighted by molar-refractivity contribution is 0.415. The van der Waals surface area contributed by atoms with Crippen molar-refractivity contribution in [3.63, 3.8) is 0 Å². The number of hydrogen-bond acceptors (Lipinski definition) is 2. The Morgan fingerprint density at radius 1 is 0.575 bits per heavy atom. The molecule has 0 aliphatic rings. The fraction of sp³-hybridized carbons (Fsp3) is 0.0811. The van der Waals surface area contributed by atoms with Crippen molar-refractivity contribution >= 4 is 33.1 Å². The third-order valence-electron chi connectivity index (χ3n) is 7.65. The van der Waals surface area contributed by atoms with Crippen LogP contribution in [0, 0.1) is 13.8 Å². The predicted octanol–water partition coefficient (Wildman–Crippen LogP) is 10.5. The van der Waals surface area contributed by atoms with Crippen LogP contribution in [0.2, 0.25) is 0 Å². The van der Waals surface area contributed by atoms with Gasteiger partial charge < -0.3 is 9.30 Å². The molecule has 0 saturated heterocycles. The molecular weight excluding hydrogens is 506 g/mol. The zero-order chi connectivity index (χ0) is 27.2. The smallest absolute Gasteiger partial charge is 0.121 e. The fourth-order valence-electron chi connectivity index (χ4n) is 5.65. The molecular formula is C37H29NOS. The van der Waals surface area contributed by atoms with Gasteiger partial charge in [0.2, 0.25) is 0 Å². The molecule has 2 heterocycles. The number of aromatic nitrogens is 1. The van der Waals surface area contributed by atoms with Crippen LogP contribution in [0.3, 0.4) is 0 Å². The van der Waals surface area contributed by atoms with Crippen molar-refractivity contribution in [3.05, 3.63) is 132 Å². The predicted molar refractivity (Wildman–Crippen MR) is 171 cm³/mol. The van der Waals surface area contributed by atoms with E-state index in [-0.39, 0.29) is 0 Å². The Kier molecular flexibility index (Phi) is 6.02. The van der Waals surface area contributed by atoms with Gasteiger partial charge in [-0.2, -0.15) is 0 Å². The molecule has 0 fully saturated rings. The van der Waals surface area contributed by atoms with E-state index in [1.165, 1.54) is 59.4 Å². The fourth-order valence-corrected chi connectivity index (χ4v) is 6.95. The van der Waals surface area contributed by atoms with Gasteiger partial charge in [-0.15, -0.1) is 11.3 Å². The van der Waals surface area contributed by atoms with E-state index in [4.69, 9.17) is 4.74 Å². The summed E-state index contributed by atoms with van der Waals surface area (Å²) in [5.74, 6) is 0.848. The van der Waals surface area contributed by atoms with Crippen molar-refractivity contribution in [2.24, 2.45) is 0 Å². The molecule has 0 radical (unpaired) electrons. The average Bonchev–Trinajstić information content (AvgIpc) is 3.54. The molecule has 0 spiro atoms. The third kappa shape index (κ3) is 4.02. The highest BCUT2D eigenvalue weighted by molar-refractivity contribution is 7.21. The highest BCUT2D eigenvalue weighted by Gasteiger charge is 2.26. The second-order valence-electron chi connectivity index (χ2n) is 10.3. The largest absolute Gasteiger partial charge is 0.497 e. The van der Waals surface area contributed by atoms with E-state index < -0.39 is 0 Å². The molecule has 3 heteroatoms. The Morgan fingerprint density at radius 2 is 1.15 bits per heavy atom. The molecule has 0 aliphatic carbocycles. The summed E-state index contributed by atoms with van der Waals surface area (Å²) in [6.45, 7) is 4.29. The standard InChI is InChI=1S/C37H29NOS/c1-24-14-18-27(19-15-24)36-34-33-31(26-10-6-4-7-11-26)22-30(39-3)23-32(33)38(29-12-8-5-9-13-29)35(34)37(40-36)28-20-16-25(2)17-21-28/h4-23H,1-3H3. The van der Waals surface area contributed by atoms with Gasteiger partial charge in [0.1, 0.15) is 5.75 Å². The summed E-state index contributed by atoms with van der Waals surface area (Å²) in [6.07, 6.45) is 0. The van der Waals surface area contributed by atoms with Crippen molar-refractivity contribution in [1.82, 2.24) is 4.57 Å². The van der Waals surface area contributed by atoms with Gasteiger partial charge in [0.25, 0.3) is 0 Å². The number of fused-ring (bicyclic) bond motifs is 3. The van der Waals surface area contributed by atoms with Gasteiger partial charge in [0.05, 0.1) is 23.0 Å². The van der Waals surface area contributed by atoms with Gasteiger partial charge in [-0.3, -0.25) is 0 Å². The topological polar surface area (TPSA) is 14.2 Å². The van der Waals surface area contributed by atoms with E-state index in [9.17, 15) is 0 Å². The Labute approximate surface area is 238 Å².